The third-order valence-corrected chi connectivity index (χ3v) is 3.77. The van der Waals surface area contributed by atoms with Gasteiger partial charge in [0.1, 0.15) is 5.69 Å². The molecule has 6 nitrogen and oxygen atoms in total. The lowest BCUT2D eigenvalue weighted by Crippen LogP contribution is -2.19. The third-order valence-electron chi connectivity index (χ3n) is 3.77. The number of nitrogen functional groups attached to an aromatic ring is 1. The van der Waals surface area contributed by atoms with Crippen LogP contribution in [0.4, 0.5) is 11.4 Å². The minimum atomic E-state index is -0.419. The summed E-state index contributed by atoms with van der Waals surface area (Å²) in [7, 11) is 0. The molecule has 2 aromatic carbocycles. The van der Waals surface area contributed by atoms with E-state index in [1.807, 2.05) is 18.2 Å². The second-order valence-corrected chi connectivity index (χ2v) is 5.13. The van der Waals surface area contributed by atoms with Gasteiger partial charge in [-0.3, -0.25) is 20.9 Å². The molecule has 0 aliphatic carbocycles. The van der Waals surface area contributed by atoms with Gasteiger partial charge in [0.2, 0.25) is 0 Å². The Morgan fingerprint density at radius 1 is 1.14 bits per heavy atom. The van der Waals surface area contributed by atoms with Crippen molar-refractivity contribution in [3.63, 3.8) is 0 Å². The summed E-state index contributed by atoms with van der Waals surface area (Å²) in [6.45, 7) is 2.32. The van der Waals surface area contributed by atoms with Crippen molar-refractivity contribution in [3.8, 4) is 0 Å². The normalized spacial score (nSPS) is 14.0. The predicted molar refractivity (Wildman–Crippen MR) is 80.3 cm³/mol. The van der Waals surface area contributed by atoms with Crippen molar-refractivity contribution < 1.29 is 4.92 Å². The van der Waals surface area contributed by atoms with Crippen molar-refractivity contribution in [2.75, 3.05) is 5.43 Å². The van der Waals surface area contributed by atoms with Crippen LogP contribution in [0.2, 0.25) is 0 Å². The molecule has 1 heterocycles. The molecule has 21 heavy (non-hydrogen) atoms. The Balaban J connectivity index is 1.84. The fraction of sp³-hybridized carbons (Fsp3) is 0.200. The lowest BCUT2D eigenvalue weighted by atomic mass is 10.1. The van der Waals surface area contributed by atoms with Crippen LogP contribution in [0.25, 0.3) is 0 Å². The highest BCUT2D eigenvalue weighted by Crippen LogP contribution is 2.30. The quantitative estimate of drug-likeness (QED) is 0.511. The van der Waals surface area contributed by atoms with Gasteiger partial charge < -0.3 is 5.43 Å². The van der Waals surface area contributed by atoms with Crippen LogP contribution in [0.15, 0.2) is 42.5 Å². The van der Waals surface area contributed by atoms with Gasteiger partial charge >= 0.3 is 0 Å². The average Bonchev–Trinajstić information content (AvgIpc) is 2.89. The maximum Gasteiger partial charge on any atom is 0.293 e. The number of nitrogens with two attached hydrogens (primary N) is 1. The van der Waals surface area contributed by atoms with Gasteiger partial charge in [-0.25, -0.2) is 0 Å². The van der Waals surface area contributed by atoms with Crippen LogP contribution in [0.3, 0.4) is 0 Å². The Hall–Kier alpha value is -2.44. The number of hydrogen-bond acceptors (Lipinski definition) is 5. The van der Waals surface area contributed by atoms with Gasteiger partial charge in [0.15, 0.2) is 0 Å². The zero-order valence-corrected chi connectivity index (χ0v) is 11.5. The van der Waals surface area contributed by atoms with Crippen molar-refractivity contribution in [1.82, 2.24) is 4.90 Å². The number of benzene rings is 2. The number of hydrazine groups is 1. The Morgan fingerprint density at radius 3 is 2.38 bits per heavy atom. The lowest BCUT2D eigenvalue weighted by molar-refractivity contribution is -0.384. The summed E-state index contributed by atoms with van der Waals surface area (Å²) in [5, 5.41) is 11.0. The molecule has 0 aromatic heterocycles. The molecule has 0 unspecified atom stereocenters. The summed E-state index contributed by atoms with van der Waals surface area (Å²) >= 11 is 0. The maximum atomic E-state index is 11.0. The van der Waals surface area contributed by atoms with Gasteiger partial charge in [0, 0.05) is 25.7 Å². The monoisotopic (exact) mass is 284 g/mol. The molecule has 0 bridgehead atoms. The van der Waals surface area contributed by atoms with E-state index in [0.717, 1.165) is 18.7 Å². The number of nitrogens with zero attached hydrogens (tertiary/aromatic N) is 2. The molecule has 3 rings (SSSR count). The van der Waals surface area contributed by atoms with Gasteiger partial charge in [0.25, 0.3) is 5.69 Å². The van der Waals surface area contributed by atoms with E-state index < -0.39 is 4.92 Å². The smallest absolute Gasteiger partial charge is 0.293 e. The van der Waals surface area contributed by atoms with E-state index in [2.05, 4.69) is 22.5 Å². The summed E-state index contributed by atoms with van der Waals surface area (Å²) in [5.41, 5.74) is 6.32. The van der Waals surface area contributed by atoms with E-state index in [9.17, 15) is 10.1 Å². The molecule has 1 aliphatic heterocycles. The third kappa shape index (κ3) is 2.58. The maximum absolute atomic E-state index is 11.0. The number of rotatable bonds is 4. The van der Waals surface area contributed by atoms with Crippen LogP contribution in [-0.4, -0.2) is 9.82 Å². The Labute approximate surface area is 122 Å². The van der Waals surface area contributed by atoms with Crippen molar-refractivity contribution >= 4 is 11.4 Å². The number of nitro groups is 1. The number of para-hydroxylation sites is 1. The van der Waals surface area contributed by atoms with Crippen molar-refractivity contribution in [3.05, 3.63) is 69.3 Å². The SMILES string of the molecule is NNc1c(CN2Cc3ccccc3C2)cccc1[N+](=O)[O-]. The fourth-order valence-electron chi connectivity index (χ4n) is 2.79. The highest BCUT2D eigenvalue weighted by molar-refractivity contribution is 5.65. The van der Waals surface area contributed by atoms with Crippen LogP contribution in [-0.2, 0) is 19.6 Å². The van der Waals surface area contributed by atoms with Crippen LogP contribution in [0.1, 0.15) is 16.7 Å². The molecule has 1 aliphatic rings. The first-order valence-electron chi connectivity index (χ1n) is 6.71. The van der Waals surface area contributed by atoms with E-state index in [4.69, 9.17) is 5.84 Å². The first kappa shape index (κ1) is 13.5. The molecule has 108 valence electrons. The first-order chi connectivity index (χ1) is 10.2. The highest BCUT2D eigenvalue weighted by Gasteiger charge is 2.22. The average molecular weight is 284 g/mol. The Kier molecular flexibility index (Phi) is 3.55. The van der Waals surface area contributed by atoms with Crippen LogP contribution in [0.5, 0.6) is 0 Å². The number of anilines is 1. The summed E-state index contributed by atoms with van der Waals surface area (Å²) in [5.74, 6) is 5.47. The number of nitro benzene ring substituents is 1. The van der Waals surface area contributed by atoms with E-state index in [1.165, 1.54) is 17.2 Å². The summed E-state index contributed by atoms with van der Waals surface area (Å²) in [4.78, 5) is 12.9. The molecule has 0 fully saturated rings. The van der Waals surface area contributed by atoms with Gasteiger partial charge in [-0.15, -0.1) is 0 Å². The van der Waals surface area contributed by atoms with Crippen molar-refractivity contribution in [2.24, 2.45) is 5.84 Å². The zero-order valence-electron chi connectivity index (χ0n) is 11.5. The van der Waals surface area contributed by atoms with Gasteiger partial charge in [-0.05, 0) is 16.7 Å². The van der Waals surface area contributed by atoms with Gasteiger partial charge in [-0.1, -0.05) is 36.4 Å². The van der Waals surface area contributed by atoms with E-state index in [0.29, 0.717) is 12.2 Å². The van der Waals surface area contributed by atoms with E-state index >= 15 is 0 Å². The summed E-state index contributed by atoms with van der Waals surface area (Å²) in [6.07, 6.45) is 0. The van der Waals surface area contributed by atoms with Gasteiger partial charge in [-0.2, -0.15) is 0 Å². The molecule has 2 aromatic rings. The Bertz CT molecular complexity index is 662. The number of hydrogen-bond donors (Lipinski definition) is 2. The highest BCUT2D eigenvalue weighted by atomic mass is 16.6. The number of fused-ring (bicyclic) bond motifs is 1. The van der Waals surface area contributed by atoms with Crippen molar-refractivity contribution in [2.45, 2.75) is 19.6 Å². The van der Waals surface area contributed by atoms with E-state index in [-0.39, 0.29) is 5.69 Å². The van der Waals surface area contributed by atoms with Crippen LogP contribution >= 0.6 is 0 Å². The second-order valence-electron chi connectivity index (χ2n) is 5.13. The molecule has 0 saturated carbocycles. The van der Waals surface area contributed by atoms with Crippen LogP contribution < -0.4 is 11.3 Å². The number of nitrogens with one attached hydrogen (secondary N) is 1. The largest absolute Gasteiger partial charge is 0.318 e. The molecular formula is C15H16N4O2. The molecule has 6 heteroatoms. The zero-order chi connectivity index (χ0) is 14.8. The molecule has 0 amide bonds. The second kappa shape index (κ2) is 5.51. The molecule has 0 spiro atoms. The van der Waals surface area contributed by atoms with Gasteiger partial charge in [0.05, 0.1) is 4.92 Å². The standard InChI is InChI=1S/C15H16N4O2/c16-17-15-13(6-3-7-14(15)19(20)21)10-18-8-11-4-1-2-5-12(11)9-18/h1-7,17H,8-10,16H2. The fourth-order valence-corrected chi connectivity index (χ4v) is 2.79. The minimum absolute atomic E-state index is 0.00621. The lowest BCUT2D eigenvalue weighted by Gasteiger charge is -2.17. The molecule has 3 N–H and O–H groups in total. The summed E-state index contributed by atoms with van der Waals surface area (Å²) < 4.78 is 0. The Morgan fingerprint density at radius 2 is 1.81 bits per heavy atom. The molecular weight excluding hydrogens is 268 g/mol. The summed E-state index contributed by atoms with van der Waals surface area (Å²) in [6, 6.07) is 13.3. The minimum Gasteiger partial charge on any atom is -0.318 e. The first-order valence-corrected chi connectivity index (χ1v) is 6.71. The molecule has 0 radical (unpaired) electrons. The predicted octanol–water partition coefficient (Wildman–Crippen LogP) is 2.40. The van der Waals surface area contributed by atoms with Crippen molar-refractivity contribution in [1.29, 1.82) is 0 Å². The van der Waals surface area contributed by atoms with Crippen LogP contribution in [0, 0.1) is 10.1 Å². The van der Waals surface area contributed by atoms with E-state index in [1.54, 1.807) is 6.07 Å². The molecule has 0 atom stereocenters. The topological polar surface area (TPSA) is 84.4 Å². The molecule has 0 saturated heterocycles.